The van der Waals surface area contributed by atoms with Crippen LogP contribution in [0.5, 0.6) is 0 Å². The first-order valence-electron chi connectivity index (χ1n) is 12.9. The second-order valence-corrected chi connectivity index (χ2v) is 7.77. The third kappa shape index (κ3) is 12.6. The fraction of sp³-hybridized carbons (Fsp3) is 0.355. The predicted octanol–water partition coefficient (Wildman–Crippen LogP) is 6.47. The van der Waals surface area contributed by atoms with Gasteiger partial charge in [-0.25, -0.2) is 14.4 Å². The highest BCUT2D eigenvalue weighted by Gasteiger charge is 2.08. The lowest BCUT2D eigenvalue weighted by atomic mass is 10.0. The van der Waals surface area contributed by atoms with Gasteiger partial charge >= 0.3 is 0 Å². The quantitative estimate of drug-likeness (QED) is 0.372. The maximum atomic E-state index is 13.3. The molecule has 0 spiro atoms. The number of aryl methyl sites for hydroxylation is 1. The van der Waals surface area contributed by atoms with E-state index in [0.717, 1.165) is 23.8 Å². The smallest absolute Gasteiger partial charge is 0.164 e. The van der Waals surface area contributed by atoms with Crippen molar-refractivity contribution in [2.45, 2.75) is 67.0 Å². The molecule has 1 aromatic carbocycles. The molecule has 6 heteroatoms. The first kappa shape index (κ1) is 33.8. The number of nitrogens with two attached hydrogens (primary N) is 2. The van der Waals surface area contributed by atoms with Gasteiger partial charge in [0, 0.05) is 18.2 Å². The Hall–Kier alpha value is -3.19. The van der Waals surface area contributed by atoms with Gasteiger partial charge in [-0.2, -0.15) is 0 Å². The van der Waals surface area contributed by atoms with Crippen LogP contribution in [0.3, 0.4) is 0 Å². The minimum absolute atomic E-state index is 0.0140. The van der Waals surface area contributed by atoms with Crippen LogP contribution in [0.15, 0.2) is 73.0 Å². The van der Waals surface area contributed by atoms with E-state index in [1.807, 2.05) is 40.7 Å². The van der Waals surface area contributed by atoms with Crippen LogP contribution in [-0.2, 0) is 13.0 Å². The molecule has 37 heavy (non-hydrogen) atoms. The molecule has 5 nitrogen and oxygen atoms in total. The molecule has 0 saturated carbocycles. The minimum atomic E-state index is -0.515. The number of rotatable bonds is 7. The van der Waals surface area contributed by atoms with Crippen LogP contribution in [0, 0.1) is 12.7 Å². The fourth-order valence-electron chi connectivity index (χ4n) is 3.15. The zero-order chi connectivity index (χ0) is 28.2. The fourth-order valence-corrected chi connectivity index (χ4v) is 3.15. The molecule has 0 fully saturated rings. The second kappa shape index (κ2) is 19.9. The van der Waals surface area contributed by atoms with Gasteiger partial charge in [0.2, 0.25) is 0 Å². The first-order valence-corrected chi connectivity index (χ1v) is 12.9. The van der Waals surface area contributed by atoms with Crippen molar-refractivity contribution >= 4 is 11.6 Å². The van der Waals surface area contributed by atoms with Crippen molar-refractivity contribution < 1.29 is 9.50 Å². The van der Waals surface area contributed by atoms with Crippen molar-refractivity contribution in [1.29, 1.82) is 0 Å². The van der Waals surface area contributed by atoms with Crippen molar-refractivity contribution in [1.82, 2.24) is 9.97 Å². The number of allylic oxidation sites excluding steroid dienone is 7. The third-order valence-electron chi connectivity index (χ3n) is 5.00. The third-order valence-corrected chi connectivity index (χ3v) is 5.00. The Balaban J connectivity index is 0.000000680. The summed E-state index contributed by atoms with van der Waals surface area (Å²) in [6.45, 7) is 15.7. The van der Waals surface area contributed by atoms with E-state index in [-0.39, 0.29) is 24.9 Å². The second-order valence-electron chi connectivity index (χ2n) is 7.77. The molecule has 0 radical (unpaired) electrons. The summed E-state index contributed by atoms with van der Waals surface area (Å²) in [7, 11) is 0. The van der Waals surface area contributed by atoms with E-state index >= 15 is 0 Å². The Bertz CT molecular complexity index is 1070. The highest BCUT2D eigenvalue weighted by molar-refractivity contribution is 5.69. The molecule has 1 atom stereocenters. The topological polar surface area (TPSA) is 98.0 Å². The lowest BCUT2D eigenvalue weighted by molar-refractivity contribution is 0.265. The van der Waals surface area contributed by atoms with E-state index in [1.165, 1.54) is 16.7 Å². The Kier molecular flexibility index (Phi) is 18.2. The van der Waals surface area contributed by atoms with Gasteiger partial charge in [-0.15, -0.1) is 0 Å². The zero-order valence-electron chi connectivity index (χ0n) is 23.3. The number of fused-ring (bicyclic) bond motifs is 1. The summed E-state index contributed by atoms with van der Waals surface area (Å²) in [6.07, 6.45) is 16.6. The van der Waals surface area contributed by atoms with Crippen molar-refractivity contribution in [3.8, 4) is 0 Å². The number of nitrogens with zero attached hydrogens (tertiary/aromatic N) is 2. The SMILES string of the molecule is C=C(/C=C\C(=C/C)c1ncc(F)c(CN)n1)CC(N)CO.CC.CC.Cc1ccc2c(c1)C=CC=CC2. The summed E-state index contributed by atoms with van der Waals surface area (Å²) in [5.41, 5.74) is 16.9. The van der Waals surface area contributed by atoms with E-state index in [9.17, 15) is 4.39 Å². The summed E-state index contributed by atoms with van der Waals surface area (Å²) in [5.74, 6) is -0.117. The van der Waals surface area contributed by atoms with Crippen LogP contribution >= 0.6 is 0 Å². The molecule has 202 valence electrons. The van der Waals surface area contributed by atoms with Gasteiger partial charge in [0.1, 0.15) is 0 Å². The molecule has 2 aromatic rings. The molecule has 1 unspecified atom stereocenters. The molecule has 1 heterocycles. The van der Waals surface area contributed by atoms with Gasteiger partial charge in [-0.05, 0) is 37.8 Å². The summed E-state index contributed by atoms with van der Waals surface area (Å²) in [5, 5.41) is 8.90. The standard InChI is InChI=1S/C15H21FN4O.C12H12.2C2H6/c1-3-11(5-4-10(2)6-12(18)9-21)15-19-8-13(16)14(7-17)20-15;1-10-7-8-11-5-3-2-4-6-12(11)9-10;2*1-2/h3-5,8,12,21H,2,6-7,9,17-18H2,1H3;2-4,6-9H,5H2,1H3;2*1-2H3/b5-4-,11-3+;;;. The van der Waals surface area contributed by atoms with Gasteiger partial charge in [0.25, 0.3) is 0 Å². The van der Waals surface area contributed by atoms with Crippen molar-refractivity contribution in [3.05, 3.63) is 107 Å². The van der Waals surface area contributed by atoms with E-state index in [0.29, 0.717) is 12.2 Å². The number of hydrogen-bond acceptors (Lipinski definition) is 5. The van der Waals surface area contributed by atoms with Crippen LogP contribution in [0.1, 0.15) is 69.2 Å². The van der Waals surface area contributed by atoms with Crippen molar-refractivity contribution in [2.75, 3.05) is 6.61 Å². The normalized spacial score (nSPS) is 12.6. The minimum Gasteiger partial charge on any atom is -0.395 e. The van der Waals surface area contributed by atoms with Crippen LogP contribution in [0.4, 0.5) is 4.39 Å². The van der Waals surface area contributed by atoms with E-state index < -0.39 is 5.82 Å². The summed E-state index contributed by atoms with van der Waals surface area (Å²) in [6, 6.07) is 6.29. The summed E-state index contributed by atoms with van der Waals surface area (Å²) >= 11 is 0. The van der Waals surface area contributed by atoms with Crippen LogP contribution in [0.25, 0.3) is 11.6 Å². The summed E-state index contributed by atoms with van der Waals surface area (Å²) < 4.78 is 13.3. The molecule has 1 aliphatic rings. The molecule has 0 saturated heterocycles. The maximum Gasteiger partial charge on any atom is 0.164 e. The largest absolute Gasteiger partial charge is 0.395 e. The Labute approximate surface area is 223 Å². The van der Waals surface area contributed by atoms with Gasteiger partial charge in [0.05, 0.1) is 18.5 Å². The number of hydrogen-bond donors (Lipinski definition) is 3. The lowest BCUT2D eigenvalue weighted by Gasteiger charge is -2.07. The molecule has 1 aromatic heterocycles. The Morgan fingerprint density at radius 2 is 1.89 bits per heavy atom. The van der Waals surface area contributed by atoms with E-state index in [4.69, 9.17) is 16.6 Å². The molecule has 1 aliphatic carbocycles. The highest BCUT2D eigenvalue weighted by atomic mass is 19.1. The number of aliphatic hydroxyl groups excluding tert-OH is 1. The molecule has 0 amide bonds. The number of halogens is 1. The maximum absolute atomic E-state index is 13.3. The lowest BCUT2D eigenvalue weighted by Crippen LogP contribution is -2.24. The van der Waals surface area contributed by atoms with Crippen LogP contribution in [0.2, 0.25) is 0 Å². The number of aromatic nitrogens is 2. The Morgan fingerprint density at radius 3 is 2.51 bits per heavy atom. The van der Waals surface area contributed by atoms with Gasteiger partial charge in [-0.3, -0.25) is 0 Å². The molecule has 0 aliphatic heterocycles. The van der Waals surface area contributed by atoms with E-state index in [1.54, 1.807) is 12.2 Å². The van der Waals surface area contributed by atoms with Crippen molar-refractivity contribution in [3.63, 3.8) is 0 Å². The Morgan fingerprint density at radius 1 is 1.19 bits per heavy atom. The van der Waals surface area contributed by atoms with Gasteiger partial charge in [-0.1, -0.05) is 106 Å². The first-order chi connectivity index (χ1) is 17.9. The molecule has 3 rings (SSSR count). The summed E-state index contributed by atoms with van der Waals surface area (Å²) in [4.78, 5) is 8.05. The van der Waals surface area contributed by atoms with Crippen molar-refractivity contribution in [2.24, 2.45) is 11.5 Å². The number of aliphatic hydroxyl groups is 1. The van der Waals surface area contributed by atoms with Crippen LogP contribution in [-0.4, -0.2) is 27.7 Å². The zero-order valence-corrected chi connectivity index (χ0v) is 23.3. The van der Waals surface area contributed by atoms with Gasteiger partial charge < -0.3 is 16.6 Å². The monoisotopic (exact) mass is 508 g/mol. The van der Waals surface area contributed by atoms with Crippen LogP contribution < -0.4 is 11.5 Å². The highest BCUT2D eigenvalue weighted by Crippen LogP contribution is 2.17. The number of benzene rings is 1. The molecule has 5 N–H and O–H groups in total. The molecule has 0 bridgehead atoms. The molecular weight excluding hydrogens is 463 g/mol. The molecular formula is C31H45FN4O. The van der Waals surface area contributed by atoms with Gasteiger partial charge in [0.15, 0.2) is 11.6 Å². The van der Waals surface area contributed by atoms with E-state index in [2.05, 4.69) is 66.0 Å². The average Bonchev–Trinajstić information content (AvgIpc) is 3.17. The average molecular weight is 509 g/mol. The predicted molar refractivity (Wildman–Crippen MR) is 157 cm³/mol.